The Morgan fingerprint density at radius 1 is 1.54 bits per heavy atom. The van der Waals surface area contributed by atoms with Gasteiger partial charge in [-0.15, -0.1) is 0 Å². The number of carbonyl (C=O) groups is 1. The third-order valence-electron chi connectivity index (χ3n) is 2.90. The number of carboxylic acids is 1. The molecule has 2 rings (SSSR count). The molecule has 0 saturated carbocycles. The second-order valence-corrected chi connectivity index (χ2v) is 4.97. The Balaban J connectivity index is 2.35. The normalized spacial score (nSPS) is 10.8. The van der Waals surface area contributed by atoms with Gasteiger partial charge >= 0.3 is 5.97 Å². The van der Waals surface area contributed by atoms with Crippen molar-refractivity contribution in [1.82, 2.24) is 14.9 Å². The van der Waals surface area contributed by atoms with Crippen LogP contribution < -0.4 is 5.56 Å². The van der Waals surface area contributed by atoms with Crippen LogP contribution in [0.4, 0.5) is 5.69 Å². The fourth-order valence-corrected chi connectivity index (χ4v) is 1.94. The molecule has 1 aromatic carbocycles. The maximum absolute atomic E-state index is 12.2. The molecule has 0 amide bonds. The van der Waals surface area contributed by atoms with Gasteiger partial charge in [-0.3, -0.25) is 24.8 Å². The van der Waals surface area contributed by atoms with Crippen LogP contribution >= 0.6 is 12.2 Å². The van der Waals surface area contributed by atoms with E-state index in [1.165, 1.54) is 24.4 Å². The zero-order valence-electron chi connectivity index (χ0n) is 12.1. The van der Waals surface area contributed by atoms with Gasteiger partial charge < -0.3 is 5.11 Å². The van der Waals surface area contributed by atoms with E-state index in [-0.39, 0.29) is 29.0 Å². The van der Waals surface area contributed by atoms with Crippen LogP contribution in [0.5, 0.6) is 0 Å². The Kier molecular flexibility index (Phi) is 5.27. The Hall–Kier alpha value is -3.21. The first kappa shape index (κ1) is 17.1. The van der Waals surface area contributed by atoms with Crippen LogP contribution in [0.25, 0.3) is 0 Å². The predicted molar refractivity (Wildman–Crippen MR) is 85.7 cm³/mol. The van der Waals surface area contributed by atoms with E-state index >= 15 is 0 Å². The lowest BCUT2D eigenvalue weighted by molar-refractivity contribution is -0.384. The molecule has 0 spiro atoms. The van der Waals surface area contributed by atoms with E-state index in [4.69, 9.17) is 17.3 Å². The van der Waals surface area contributed by atoms with Crippen molar-refractivity contribution in [3.05, 3.63) is 60.8 Å². The van der Waals surface area contributed by atoms with E-state index in [1.807, 2.05) is 0 Å². The van der Waals surface area contributed by atoms with Gasteiger partial charge in [0.25, 0.3) is 11.2 Å². The SMILES string of the molecule is O=C(O)CCc1n[nH]c(=S)n(/N=C\c2cccc([N+](=O)[O-])c2)c1=O. The molecule has 1 aromatic heterocycles. The molecule has 0 atom stereocenters. The summed E-state index contributed by atoms with van der Waals surface area (Å²) >= 11 is 4.92. The Morgan fingerprint density at radius 2 is 2.29 bits per heavy atom. The number of aryl methyl sites for hydroxylation is 1. The lowest BCUT2D eigenvalue weighted by Gasteiger charge is -2.01. The molecular weight excluding hydrogens is 338 g/mol. The van der Waals surface area contributed by atoms with Gasteiger partial charge in [-0.05, 0) is 12.2 Å². The van der Waals surface area contributed by atoms with Gasteiger partial charge in [0.15, 0.2) is 0 Å². The molecule has 2 N–H and O–H groups in total. The quantitative estimate of drug-likeness (QED) is 0.344. The van der Waals surface area contributed by atoms with Gasteiger partial charge in [0, 0.05) is 24.1 Å². The standard InChI is InChI=1S/C13H11N5O5S/c19-11(20)5-4-10-12(21)17(13(24)16-15-10)14-7-8-2-1-3-9(6-8)18(22)23/h1-3,6-7H,4-5H2,(H,16,24)(H,19,20)/b14-7-. The average Bonchev–Trinajstić information content (AvgIpc) is 2.54. The van der Waals surface area contributed by atoms with E-state index in [0.29, 0.717) is 5.56 Å². The van der Waals surface area contributed by atoms with Gasteiger partial charge in [0.1, 0.15) is 5.69 Å². The highest BCUT2D eigenvalue weighted by atomic mass is 32.1. The topological polar surface area (TPSA) is 143 Å². The molecule has 1 heterocycles. The molecule has 0 bridgehead atoms. The molecule has 0 aliphatic rings. The van der Waals surface area contributed by atoms with Gasteiger partial charge in [0.2, 0.25) is 4.77 Å². The lowest BCUT2D eigenvalue weighted by atomic mass is 10.2. The molecule has 2 aromatic rings. The van der Waals surface area contributed by atoms with Crippen LogP contribution in [0, 0.1) is 14.9 Å². The maximum Gasteiger partial charge on any atom is 0.303 e. The van der Waals surface area contributed by atoms with Crippen LogP contribution in [-0.4, -0.2) is 37.1 Å². The summed E-state index contributed by atoms with van der Waals surface area (Å²) in [4.78, 5) is 33.0. The molecular formula is C13H11N5O5S. The van der Waals surface area contributed by atoms with Crippen molar-refractivity contribution in [3.8, 4) is 0 Å². The zero-order chi connectivity index (χ0) is 17.7. The van der Waals surface area contributed by atoms with E-state index < -0.39 is 16.5 Å². The third kappa shape index (κ3) is 4.16. The molecule has 0 radical (unpaired) electrons. The number of carboxylic acid groups (broad SMARTS) is 1. The van der Waals surface area contributed by atoms with Crippen molar-refractivity contribution < 1.29 is 14.8 Å². The summed E-state index contributed by atoms with van der Waals surface area (Å²) in [7, 11) is 0. The number of H-pyrrole nitrogens is 1. The van der Waals surface area contributed by atoms with Crippen molar-refractivity contribution in [3.63, 3.8) is 0 Å². The largest absolute Gasteiger partial charge is 0.481 e. The zero-order valence-corrected chi connectivity index (χ0v) is 12.9. The van der Waals surface area contributed by atoms with Crippen molar-refractivity contribution in [1.29, 1.82) is 0 Å². The van der Waals surface area contributed by atoms with Crippen molar-refractivity contribution >= 4 is 30.1 Å². The highest BCUT2D eigenvalue weighted by Crippen LogP contribution is 2.11. The van der Waals surface area contributed by atoms with E-state index in [1.54, 1.807) is 6.07 Å². The van der Waals surface area contributed by atoms with E-state index in [2.05, 4.69) is 15.3 Å². The van der Waals surface area contributed by atoms with Crippen LogP contribution in [0.2, 0.25) is 0 Å². The number of nitrogens with one attached hydrogen (secondary N) is 1. The fourth-order valence-electron chi connectivity index (χ4n) is 1.76. The number of nitrogens with zero attached hydrogens (tertiary/aromatic N) is 4. The maximum atomic E-state index is 12.2. The van der Waals surface area contributed by atoms with Gasteiger partial charge in [-0.25, -0.2) is 0 Å². The number of aromatic amines is 1. The summed E-state index contributed by atoms with van der Waals surface area (Å²) in [5.41, 5.74) is -0.397. The van der Waals surface area contributed by atoms with E-state index in [9.17, 15) is 19.7 Å². The Morgan fingerprint density at radius 3 is 2.96 bits per heavy atom. The van der Waals surface area contributed by atoms with Crippen LogP contribution in [-0.2, 0) is 11.2 Å². The number of aromatic nitrogens is 3. The van der Waals surface area contributed by atoms with Crippen LogP contribution in [0.15, 0.2) is 34.2 Å². The minimum Gasteiger partial charge on any atom is -0.481 e. The third-order valence-corrected chi connectivity index (χ3v) is 3.16. The highest BCUT2D eigenvalue weighted by Gasteiger charge is 2.09. The Labute approximate surface area is 139 Å². The molecule has 0 fully saturated rings. The van der Waals surface area contributed by atoms with E-state index in [0.717, 1.165) is 4.68 Å². The smallest absolute Gasteiger partial charge is 0.303 e. The lowest BCUT2D eigenvalue weighted by Crippen LogP contribution is -2.25. The minimum atomic E-state index is -1.06. The Bertz CT molecular complexity index is 933. The number of aliphatic carboxylic acids is 1. The first-order valence-corrected chi connectivity index (χ1v) is 7.00. The summed E-state index contributed by atoms with van der Waals surface area (Å²) in [6, 6.07) is 5.66. The first-order chi connectivity index (χ1) is 11.4. The van der Waals surface area contributed by atoms with Crippen molar-refractivity contribution in [2.45, 2.75) is 12.8 Å². The minimum absolute atomic E-state index is 0.0257. The number of benzene rings is 1. The summed E-state index contributed by atoms with van der Waals surface area (Å²) in [5, 5.41) is 29.4. The van der Waals surface area contributed by atoms with Crippen molar-refractivity contribution in [2.24, 2.45) is 5.10 Å². The van der Waals surface area contributed by atoms with Gasteiger partial charge in [-0.1, -0.05) is 12.1 Å². The molecule has 124 valence electrons. The molecule has 10 nitrogen and oxygen atoms in total. The summed E-state index contributed by atoms with van der Waals surface area (Å²) in [6.45, 7) is 0. The highest BCUT2D eigenvalue weighted by molar-refractivity contribution is 7.71. The molecule has 11 heteroatoms. The van der Waals surface area contributed by atoms with Gasteiger partial charge in [-0.2, -0.15) is 14.9 Å². The number of nitro groups is 1. The predicted octanol–water partition coefficient (Wildman–Crippen LogP) is 1.11. The second-order valence-electron chi connectivity index (χ2n) is 4.58. The van der Waals surface area contributed by atoms with Crippen molar-refractivity contribution in [2.75, 3.05) is 0 Å². The molecule has 0 aliphatic heterocycles. The number of non-ortho nitro benzene ring substituents is 1. The molecule has 24 heavy (non-hydrogen) atoms. The number of rotatable bonds is 6. The summed E-state index contributed by atoms with van der Waals surface area (Å²) in [5.74, 6) is -1.06. The summed E-state index contributed by atoms with van der Waals surface area (Å²) in [6.07, 6.45) is 0.896. The fraction of sp³-hybridized carbons (Fsp3) is 0.154. The molecule has 0 unspecified atom stereocenters. The van der Waals surface area contributed by atoms with Gasteiger partial charge in [0.05, 0.1) is 17.6 Å². The van der Waals surface area contributed by atoms with Crippen LogP contribution in [0.3, 0.4) is 0 Å². The first-order valence-electron chi connectivity index (χ1n) is 6.59. The molecule has 0 saturated heterocycles. The molecule has 0 aliphatic carbocycles. The number of hydrogen-bond acceptors (Lipinski definition) is 7. The average molecular weight is 349 g/mol. The van der Waals surface area contributed by atoms with Crippen LogP contribution in [0.1, 0.15) is 17.7 Å². The number of nitro benzene ring substituents is 1. The summed E-state index contributed by atoms with van der Waals surface area (Å²) < 4.78 is 0.763. The monoisotopic (exact) mass is 349 g/mol. The number of hydrogen-bond donors (Lipinski definition) is 2. The second kappa shape index (κ2) is 7.37.